The van der Waals surface area contributed by atoms with Crippen molar-refractivity contribution in [1.82, 2.24) is 5.32 Å². The first-order chi connectivity index (χ1) is 8.08. The molecule has 2 atom stereocenters. The molecule has 1 aliphatic rings. The molecule has 17 heavy (non-hydrogen) atoms. The number of nitrogens with one attached hydrogen (secondary N) is 1. The lowest BCUT2D eigenvalue weighted by atomic mass is 9.95. The second-order valence-electron chi connectivity index (χ2n) is 5.68. The Labute approximate surface area is 105 Å². The van der Waals surface area contributed by atoms with E-state index in [1.54, 1.807) is 0 Å². The van der Waals surface area contributed by atoms with E-state index in [-0.39, 0.29) is 12.1 Å². The lowest BCUT2D eigenvalue weighted by Gasteiger charge is -2.22. The van der Waals surface area contributed by atoms with Crippen LogP contribution < -0.4 is 5.32 Å². The van der Waals surface area contributed by atoms with Crippen LogP contribution in [-0.4, -0.2) is 25.2 Å². The van der Waals surface area contributed by atoms with E-state index in [0.29, 0.717) is 18.3 Å². The number of esters is 1. The number of hydrogen-bond donors (Lipinski definition) is 1. The summed E-state index contributed by atoms with van der Waals surface area (Å²) in [6.45, 7) is 8.48. The molecule has 3 heteroatoms. The second kappa shape index (κ2) is 7.70. The molecule has 100 valence electrons. The summed E-state index contributed by atoms with van der Waals surface area (Å²) in [6.07, 6.45) is 5.06. The molecule has 0 spiro atoms. The van der Waals surface area contributed by atoms with Crippen molar-refractivity contribution in [2.75, 3.05) is 13.1 Å². The lowest BCUT2D eigenvalue weighted by Crippen LogP contribution is -2.30. The molecule has 0 aliphatic carbocycles. The average Bonchev–Trinajstić information content (AvgIpc) is 2.26. The fourth-order valence-corrected chi connectivity index (χ4v) is 2.49. The van der Waals surface area contributed by atoms with Gasteiger partial charge in [-0.2, -0.15) is 0 Å². The Balaban J connectivity index is 2.11. The van der Waals surface area contributed by atoms with Crippen molar-refractivity contribution in [3.8, 4) is 0 Å². The van der Waals surface area contributed by atoms with E-state index in [2.05, 4.69) is 19.2 Å². The number of ether oxygens (including phenoxy) is 1. The molecule has 0 bridgehead atoms. The van der Waals surface area contributed by atoms with Crippen LogP contribution >= 0.6 is 0 Å². The summed E-state index contributed by atoms with van der Waals surface area (Å²) in [5.74, 6) is 1.22. The van der Waals surface area contributed by atoms with Gasteiger partial charge in [0.1, 0.15) is 0 Å². The van der Waals surface area contributed by atoms with Gasteiger partial charge >= 0.3 is 5.97 Å². The maximum absolute atomic E-state index is 11.6. The van der Waals surface area contributed by atoms with Crippen molar-refractivity contribution >= 4 is 5.97 Å². The summed E-state index contributed by atoms with van der Waals surface area (Å²) in [5, 5.41) is 3.37. The van der Waals surface area contributed by atoms with Gasteiger partial charge < -0.3 is 10.1 Å². The van der Waals surface area contributed by atoms with Crippen LogP contribution in [0.1, 0.15) is 52.9 Å². The highest BCUT2D eigenvalue weighted by molar-refractivity contribution is 5.69. The SMILES string of the molecule is CC(C)CC(C)OC(=O)CCC1CCCNC1. The molecule has 0 saturated carbocycles. The molecule has 0 aromatic carbocycles. The second-order valence-corrected chi connectivity index (χ2v) is 5.68. The van der Waals surface area contributed by atoms with E-state index in [1.165, 1.54) is 12.8 Å². The van der Waals surface area contributed by atoms with Crippen LogP contribution in [0.15, 0.2) is 0 Å². The Bertz CT molecular complexity index is 222. The molecular weight excluding hydrogens is 214 g/mol. The van der Waals surface area contributed by atoms with Gasteiger partial charge in [-0.25, -0.2) is 0 Å². The number of rotatable bonds is 6. The van der Waals surface area contributed by atoms with Crippen LogP contribution in [0.5, 0.6) is 0 Å². The Kier molecular flexibility index (Phi) is 6.56. The van der Waals surface area contributed by atoms with Gasteiger partial charge in [-0.3, -0.25) is 4.79 Å². The maximum Gasteiger partial charge on any atom is 0.306 e. The minimum Gasteiger partial charge on any atom is -0.463 e. The molecule has 1 N–H and O–H groups in total. The molecule has 0 aromatic heterocycles. The van der Waals surface area contributed by atoms with Crippen LogP contribution in [0.2, 0.25) is 0 Å². The van der Waals surface area contributed by atoms with Gasteiger partial charge in [0.05, 0.1) is 6.10 Å². The largest absolute Gasteiger partial charge is 0.463 e. The molecule has 2 unspecified atom stereocenters. The number of carbonyl (C=O) groups excluding carboxylic acids is 1. The fourth-order valence-electron chi connectivity index (χ4n) is 2.49. The third kappa shape index (κ3) is 6.67. The van der Waals surface area contributed by atoms with E-state index in [0.717, 1.165) is 25.9 Å². The zero-order chi connectivity index (χ0) is 12.7. The number of carbonyl (C=O) groups is 1. The fraction of sp³-hybridized carbons (Fsp3) is 0.929. The summed E-state index contributed by atoms with van der Waals surface area (Å²) >= 11 is 0. The molecule has 0 amide bonds. The standard InChI is InChI=1S/C14H27NO2/c1-11(2)9-12(3)17-14(16)7-6-13-5-4-8-15-10-13/h11-13,15H,4-10H2,1-3H3. The Morgan fingerprint density at radius 1 is 1.41 bits per heavy atom. The monoisotopic (exact) mass is 241 g/mol. The maximum atomic E-state index is 11.6. The van der Waals surface area contributed by atoms with Gasteiger partial charge in [-0.05, 0) is 57.5 Å². The van der Waals surface area contributed by atoms with Crippen LogP contribution in [0.25, 0.3) is 0 Å². The predicted octanol–water partition coefficient (Wildman–Crippen LogP) is 2.74. The molecule has 0 radical (unpaired) electrons. The Hall–Kier alpha value is -0.570. The van der Waals surface area contributed by atoms with Gasteiger partial charge in [0.2, 0.25) is 0 Å². The summed E-state index contributed by atoms with van der Waals surface area (Å²) in [4.78, 5) is 11.6. The quantitative estimate of drug-likeness (QED) is 0.727. The highest BCUT2D eigenvalue weighted by Gasteiger charge is 2.16. The van der Waals surface area contributed by atoms with Gasteiger partial charge in [0, 0.05) is 6.42 Å². The van der Waals surface area contributed by atoms with Crippen LogP contribution in [0.4, 0.5) is 0 Å². The number of piperidine rings is 1. The zero-order valence-electron chi connectivity index (χ0n) is 11.5. The van der Waals surface area contributed by atoms with E-state index in [9.17, 15) is 4.79 Å². The summed E-state index contributed by atoms with van der Waals surface area (Å²) < 4.78 is 5.39. The highest BCUT2D eigenvalue weighted by atomic mass is 16.5. The zero-order valence-corrected chi connectivity index (χ0v) is 11.5. The highest BCUT2D eigenvalue weighted by Crippen LogP contribution is 2.17. The Morgan fingerprint density at radius 2 is 2.18 bits per heavy atom. The molecule has 1 aliphatic heterocycles. The van der Waals surface area contributed by atoms with E-state index < -0.39 is 0 Å². The molecule has 1 fully saturated rings. The van der Waals surface area contributed by atoms with Gasteiger partial charge in [0.15, 0.2) is 0 Å². The molecule has 1 rings (SSSR count). The van der Waals surface area contributed by atoms with Crippen molar-refractivity contribution in [2.45, 2.75) is 59.0 Å². The summed E-state index contributed by atoms with van der Waals surface area (Å²) in [7, 11) is 0. The Morgan fingerprint density at radius 3 is 2.76 bits per heavy atom. The van der Waals surface area contributed by atoms with Crippen LogP contribution in [-0.2, 0) is 9.53 Å². The summed E-state index contributed by atoms with van der Waals surface area (Å²) in [5.41, 5.74) is 0. The third-order valence-corrected chi connectivity index (χ3v) is 3.29. The molecule has 3 nitrogen and oxygen atoms in total. The van der Waals surface area contributed by atoms with E-state index >= 15 is 0 Å². The van der Waals surface area contributed by atoms with Crippen LogP contribution in [0.3, 0.4) is 0 Å². The minimum atomic E-state index is -0.0243. The van der Waals surface area contributed by atoms with Crippen molar-refractivity contribution in [3.05, 3.63) is 0 Å². The normalized spacial score (nSPS) is 22.5. The third-order valence-electron chi connectivity index (χ3n) is 3.29. The first-order valence-corrected chi connectivity index (χ1v) is 6.98. The van der Waals surface area contributed by atoms with Crippen molar-refractivity contribution < 1.29 is 9.53 Å². The smallest absolute Gasteiger partial charge is 0.306 e. The lowest BCUT2D eigenvalue weighted by molar-refractivity contribution is -0.149. The first-order valence-electron chi connectivity index (χ1n) is 6.98. The van der Waals surface area contributed by atoms with Crippen LogP contribution in [0, 0.1) is 11.8 Å². The van der Waals surface area contributed by atoms with Crippen molar-refractivity contribution in [2.24, 2.45) is 11.8 Å². The van der Waals surface area contributed by atoms with E-state index in [1.807, 2.05) is 6.92 Å². The number of hydrogen-bond acceptors (Lipinski definition) is 3. The van der Waals surface area contributed by atoms with E-state index in [4.69, 9.17) is 4.74 Å². The first kappa shape index (κ1) is 14.5. The van der Waals surface area contributed by atoms with Gasteiger partial charge in [-0.15, -0.1) is 0 Å². The topological polar surface area (TPSA) is 38.3 Å². The van der Waals surface area contributed by atoms with Gasteiger partial charge in [0.25, 0.3) is 0 Å². The average molecular weight is 241 g/mol. The molecule has 1 saturated heterocycles. The molecular formula is C14H27NO2. The summed E-state index contributed by atoms with van der Waals surface area (Å²) in [6, 6.07) is 0. The molecule has 0 aromatic rings. The predicted molar refractivity (Wildman–Crippen MR) is 69.8 cm³/mol. The minimum absolute atomic E-state index is 0.0243. The van der Waals surface area contributed by atoms with Crippen molar-refractivity contribution in [1.29, 1.82) is 0 Å². The van der Waals surface area contributed by atoms with Gasteiger partial charge in [-0.1, -0.05) is 13.8 Å². The molecule has 1 heterocycles. The van der Waals surface area contributed by atoms with Crippen molar-refractivity contribution in [3.63, 3.8) is 0 Å².